The van der Waals surface area contributed by atoms with Gasteiger partial charge in [-0.05, 0) is 6.20 Å². The maximum atomic E-state index is 4.61. The third-order valence-corrected chi connectivity index (χ3v) is 0. The second kappa shape index (κ2) is 9.20. The van der Waals surface area contributed by atoms with Crippen LogP contribution in [0.25, 0.3) is 0 Å². The van der Waals surface area contributed by atoms with Crippen molar-refractivity contribution >= 4 is 37.7 Å². The Morgan fingerprint density at radius 3 is 1.75 bits per heavy atom. The molecule has 0 aromatic rings. The van der Waals surface area contributed by atoms with E-state index >= 15 is 0 Å². The van der Waals surface area contributed by atoms with Gasteiger partial charge >= 0.3 is 37.7 Å². The van der Waals surface area contributed by atoms with Gasteiger partial charge in [0.25, 0.3) is 0 Å². The van der Waals surface area contributed by atoms with Crippen LogP contribution in [0.5, 0.6) is 0 Å². The summed E-state index contributed by atoms with van der Waals surface area (Å²) in [6, 6.07) is 0. The Morgan fingerprint density at radius 2 is 1.75 bits per heavy atom. The summed E-state index contributed by atoms with van der Waals surface area (Å²) in [5, 5.41) is 0. The van der Waals surface area contributed by atoms with Gasteiger partial charge in [-0.1, -0.05) is 6.58 Å². The molecular weight excluding hydrogens is 78.1 g/mol. The van der Waals surface area contributed by atoms with E-state index in [1.165, 1.54) is 6.20 Å². The SMILES string of the molecule is C=CN.[CaH2]. The molecule has 0 saturated carbocycles. The van der Waals surface area contributed by atoms with E-state index in [-0.39, 0.29) is 37.7 Å². The molecule has 0 saturated heterocycles. The Morgan fingerprint density at radius 1 is 1.75 bits per heavy atom. The third kappa shape index (κ3) is 14.2. The molecule has 0 atom stereocenters. The summed E-state index contributed by atoms with van der Waals surface area (Å²) in [5.74, 6) is 0. The predicted octanol–water partition coefficient (Wildman–Crippen LogP) is -0.828. The molecule has 0 aromatic heterocycles. The first-order valence-electron chi connectivity index (χ1n) is 0.742. The van der Waals surface area contributed by atoms with E-state index in [1.807, 2.05) is 0 Å². The van der Waals surface area contributed by atoms with Crippen molar-refractivity contribution in [1.82, 2.24) is 0 Å². The zero-order valence-electron chi connectivity index (χ0n) is 1.86. The van der Waals surface area contributed by atoms with Gasteiger partial charge in [0, 0.05) is 0 Å². The molecule has 0 unspecified atom stereocenters. The summed E-state index contributed by atoms with van der Waals surface area (Å²) in [6.07, 6.45) is 1.25. The van der Waals surface area contributed by atoms with Crippen LogP contribution >= 0.6 is 0 Å². The van der Waals surface area contributed by atoms with Crippen LogP contribution in [0, 0.1) is 0 Å². The van der Waals surface area contributed by atoms with Crippen molar-refractivity contribution in [3.8, 4) is 0 Å². The average Bonchev–Trinajstić information content (AvgIpc) is 0.918. The Balaban J connectivity index is 0. The monoisotopic (exact) mass is 85.0 g/mol. The quantitative estimate of drug-likeness (QED) is 0.382. The van der Waals surface area contributed by atoms with E-state index in [4.69, 9.17) is 0 Å². The van der Waals surface area contributed by atoms with Crippen LogP contribution in [0.15, 0.2) is 12.8 Å². The standard InChI is InChI=1S/C2H5N.Ca.2H/c1-2-3;;;/h2H,1,3H2;;;. The van der Waals surface area contributed by atoms with Gasteiger partial charge in [0.1, 0.15) is 0 Å². The molecule has 0 aliphatic rings. The van der Waals surface area contributed by atoms with Crippen LogP contribution < -0.4 is 5.73 Å². The molecule has 0 heterocycles. The van der Waals surface area contributed by atoms with Gasteiger partial charge < -0.3 is 5.73 Å². The van der Waals surface area contributed by atoms with Gasteiger partial charge in [-0.15, -0.1) is 0 Å². The second-order valence-corrected chi connectivity index (χ2v) is 0.236. The molecule has 0 aromatic carbocycles. The van der Waals surface area contributed by atoms with Gasteiger partial charge in [-0.25, -0.2) is 0 Å². The van der Waals surface area contributed by atoms with Crippen molar-refractivity contribution in [1.29, 1.82) is 0 Å². The van der Waals surface area contributed by atoms with E-state index < -0.39 is 0 Å². The molecule has 0 aliphatic carbocycles. The molecule has 0 amide bonds. The van der Waals surface area contributed by atoms with E-state index in [0.717, 1.165) is 0 Å². The van der Waals surface area contributed by atoms with E-state index in [2.05, 4.69) is 12.3 Å². The molecule has 0 bridgehead atoms. The average molecular weight is 85.2 g/mol. The van der Waals surface area contributed by atoms with Crippen molar-refractivity contribution in [2.75, 3.05) is 0 Å². The maximum absolute atomic E-state index is 4.61. The zero-order chi connectivity index (χ0) is 2.71. The first-order chi connectivity index (χ1) is 1.41. The van der Waals surface area contributed by atoms with Crippen LogP contribution in [0.3, 0.4) is 0 Å². The van der Waals surface area contributed by atoms with Crippen molar-refractivity contribution in [3.05, 3.63) is 12.8 Å². The molecular formula is C2H7CaN. The molecule has 1 nitrogen and oxygen atoms in total. The van der Waals surface area contributed by atoms with Gasteiger partial charge in [-0.3, -0.25) is 0 Å². The van der Waals surface area contributed by atoms with Crippen molar-refractivity contribution in [2.24, 2.45) is 5.73 Å². The van der Waals surface area contributed by atoms with Gasteiger partial charge in [0.2, 0.25) is 0 Å². The fraction of sp³-hybridized carbons (Fsp3) is 0. The number of rotatable bonds is 0. The van der Waals surface area contributed by atoms with Crippen LogP contribution in [0.1, 0.15) is 0 Å². The number of nitrogens with two attached hydrogens (primary N) is 1. The van der Waals surface area contributed by atoms with Gasteiger partial charge in [-0.2, -0.15) is 0 Å². The molecule has 4 heavy (non-hydrogen) atoms. The van der Waals surface area contributed by atoms with Crippen molar-refractivity contribution in [2.45, 2.75) is 0 Å². The topological polar surface area (TPSA) is 26.0 Å². The summed E-state index contributed by atoms with van der Waals surface area (Å²) in [5.41, 5.74) is 4.61. The van der Waals surface area contributed by atoms with Crippen LogP contribution in [0.2, 0.25) is 0 Å². The summed E-state index contributed by atoms with van der Waals surface area (Å²) < 4.78 is 0. The zero-order valence-corrected chi connectivity index (χ0v) is 1.86. The van der Waals surface area contributed by atoms with Crippen molar-refractivity contribution < 1.29 is 0 Å². The van der Waals surface area contributed by atoms with E-state index in [1.54, 1.807) is 0 Å². The molecule has 0 fully saturated rings. The Hall–Kier alpha value is 0.800. The van der Waals surface area contributed by atoms with E-state index in [9.17, 15) is 0 Å². The Bertz CT molecular complexity index is 13.5. The summed E-state index contributed by atoms with van der Waals surface area (Å²) in [6.45, 7) is 3.14. The summed E-state index contributed by atoms with van der Waals surface area (Å²) >= 11 is 0. The first kappa shape index (κ1) is 8.84. The molecule has 2 N–H and O–H groups in total. The summed E-state index contributed by atoms with van der Waals surface area (Å²) in [7, 11) is 0. The molecule has 0 rings (SSSR count). The minimum absolute atomic E-state index is 0. The van der Waals surface area contributed by atoms with Crippen molar-refractivity contribution in [3.63, 3.8) is 0 Å². The van der Waals surface area contributed by atoms with Crippen LogP contribution in [0.4, 0.5) is 0 Å². The Kier molecular flexibility index (Phi) is 20.3. The molecule has 0 spiro atoms. The Labute approximate surface area is 55.9 Å². The fourth-order valence-corrected chi connectivity index (χ4v) is 0. The minimum atomic E-state index is 0. The molecule has 2 heteroatoms. The summed E-state index contributed by atoms with van der Waals surface area (Å²) in [4.78, 5) is 0. The normalized spacial score (nSPS) is 3.00. The predicted molar refractivity (Wildman–Crippen MR) is 22.9 cm³/mol. The van der Waals surface area contributed by atoms with E-state index in [0.29, 0.717) is 0 Å². The van der Waals surface area contributed by atoms with Gasteiger partial charge in [0.15, 0.2) is 0 Å². The number of hydrogen-bond donors (Lipinski definition) is 1. The first-order valence-corrected chi connectivity index (χ1v) is 0.742. The van der Waals surface area contributed by atoms with Gasteiger partial charge in [0.05, 0.1) is 0 Å². The van der Waals surface area contributed by atoms with Crippen LogP contribution in [-0.4, -0.2) is 37.7 Å². The van der Waals surface area contributed by atoms with Crippen LogP contribution in [-0.2, 0) is 0 Å². The molecule has 0 radical (unpaired) electrons. The number of hydrogen-bond acceptors (Lipinski definition) is 1. The second-order valence-electron chi connectivity index (χ2n) is 0.236. The third-order valence-electron chi connectivity index (χ3n) is 0. The molecule has 0 aliphatic heterocycles. The molecule has 22 valence electrons. The fourth-order valence-electron chi connectivity index (χ4n) is 0.